The molecule has 0 radical (unpaired) electrons. The van der Waals surface area contributed by atoms with Crippen molar-refractivity contribution in [2.45, 2.75) is 4.90 Å². The third-order valence-corrected chi connectivity index (χ3v) is 7.43. The first-order valence-electron chi connectivity index (χ1n) is 11.9. The number of benzene rings is 4. The van der Waals surface area contributed by atoms with E-state index in [1.165, 1.54) is 23.9 Å². The minimum atomic E-state index is -0.527. The molecule has 6 nitrogen and oxygen atoms in total. The van der Waals surface area contributed by atoms with Gasteiger partial charge in [0.1, 0.15) is 11.5 Å². The molecule has 3 N–H and O–H groups in total. The molecule has 0 bridgehead atoms. The molecular formula is C30H22Br2FN3O3S. The van der Waals surface area contributed by atoms with Gasteiger partial charge in [-0.25, -0.2) is 4.39 Å². The average Bonchev–Trinajstić information content (AvgIpc) is 2.95. The van der Waals surface area contributed by atoms with E-state index in [1.54, 1.807) is 66.7 Å². The van der Waals surface area contributed by atoms with Crippen LogP contribution in [0.25, 0.3) is 6.08 Å². The Hall–Kier alpha value is -3.73. The van der Waals surface area contributed by atoms with E-state index in [2.05, 4.69) is 47.8 Å². The van der Waals surface area contributed by atoms with Crippen molar-refractivity contribution in [3.8, 4) is 0 Å². The Kier molecular flexibility index (Phi) is 10.3. The number of hydrogen-bond acceptors (Lipinski definition) is 4. The molecule has 4 aromatic rings. The van der Waals surface area contributed by atoms with Crippen LogP contribution in [0.3, 0.4) is 0 Å². The number of halogens is 3. The van der Waals surface area contributed by atoms with Gasteiger partial charge >= 0.3 is 0 Å². The molecule has 0 saturated carbocycles. The first-order valence-corrected chi connectivity index (χ1v) is 14.5. The van der Waals surface area contributed by atoms with Crippen LogP contribution < -0.4 is 16.0 Å². The average molecular weight is 683 g/mol. The summed E-state index contributed by atoms with van der Waals surface area (Å²) < 4.78 is 15.4. The van der Waals surface area contributed by atoms with Gasteiger partial charge in [0, 0.05) is 25.1 Å². The van der Waals surface area contributed by atoms with E-state index in [-0.39, 0.29) is 23.0 Å². The lowest BCUT2D eigenvalue weighted by Crippen LogP contribution is -2.30. The molecule has 0 aromatic heterocycles. The predicted molar refractivity (Wildman–Crippen MR) is 165 cm³/mol. The van der Waals surface area contributed by atoms with Crippen LogP contribution in [-0.2, 0) is 9.59 Å². The highest BCUT2D eigenvalue weighted by atomic mass is 79.9. The fourth-order valence-corrected chi connectivity index (χ4v) is 4.72. The van der Waals surface area contributed by atoms with E-state index in [9.17, 15) is 18.8 Å². The molecule has 0 aliphatic carbocycles. The minimum Gasteiger partial charge on any atom is -0.323 e. The Balaban J connectivity index is 1.40. The Morgan fingerprint density at radius 3 is 2.15 bits per heavy atom. The first-order chi connectivity index (χ1) is 19.3. The number of rotatable bonds is 9. The van der Waals surface area contributed by atoms with Gasteiger partial charge in [-0.3, -0.25) is 14.4 Å². The van der Waals surface area contributed by atoms with Crippen LogP contribution in [0.4, 0.5) is 15.8 Å². The van der Waals surface area contributed by atoms with Gasteiger partial charge in [0.25, 0.3) is 11.8 Å². The number of thioether (sulfide) groups is 1. The van der Waals surface area contributed by atoms with Crippen LogP contribution in [0.5, 0.6) is 0 Å². The van der Waals surface area contributed by atoms with Crippen molar-refractivity contribution in [2.75, 3.05) is 16.4 Å². The van der Waals surface area contributed by atoms with Gasteiger partial charge in [-0.1, -0.05) is 62.2 Å². The molecule has 0 unspecified atom stereocenters. The van der Waals surface area contributed by atoms with Crippen molar-refractivity contribution >= 4 is 78.8 Å². The van der Waals surface area contributed by atoms with Crippen LogP contribution in [0.2, 0.25) is 0 Å². The normalized spacial score (nSPS) is 11.0. The second kappa shape index (κ2) is 14.1. The lowest BCUT2D eigenvalue weighted by molar-refractivity contribution is -0.114. The van der Waals surface area contributed by atoms with E-state index in [1.807, 2.05) is 24.3 Å². The third-order valence-electron chi connectivity index (χ3n) is 5.40. The van der Waals surface area contributed by atoms with Gasteiger partial charge in [0.2, 0.25) is 5.91 Å². The molecule has 4 rings (SSSR count). The van der Waals surface area contributed by atoms with E-state index in [4.69, 9.17) is 0 Å². The molecule has 40 heavy (non-hydrogen) atoms. The Bertz CT molecular complexity index is 1550. The number of anilines is 2. The molecule has 10 heteroatoms. The largest absolute Gasteiger partial charge is 0.323 e. The molecule has 4 aromatic carbocycles. The van der Waals surface area contributed by atoms with Crippen LogP contribution in [0.1, 0.15) is 15.9 Å². The molecule has 0 heterocycles. The van der Waals surface area contributed by atoms with Gasteiger partial charge < -0.3 is 16.0 Å². The summed E-state index contributed by atoms with van der Waals surface area (Å²) in [6, 6.07) is 27.3. The van der Waals surface area contributed by atoms with E-state index in [0.717, 1.165) is 14.9 Å². The molecule has 0 spiro atoms. The molecule has 0 aliphatic heterocycles. The van der Waals surface area contributed by atoms with Crippen molar-refractivity contribution in [2.24, 2.45) is 0 Å². The molecule has 0 saturated heterocycles. The Morgan fingerprint density at radius 1 is 0.800 bits per heavy atom. The van der Waals surface area contributed by atoms with Crippen LogP contribution >= 0.6 is 43.6 Å². The van der Waals surface area contributed by atoms with Crippen molar-refractivity contribution < 1.29 is 18.8 Å². The lowest BCUT2D eigenvalue weighted by Gasteiger charge is -2.12. The summed E-state index contributed by atoms with van der Waals surface area (Å²) in [5.41, 5.74) is 1.84. The topological polar surface area (TPSA) is 87.3 Å². The number of carbonyl (C=O) groups is 3. The van der Waals surface area contributed by atoms with Crippen molar-refractivity contribution in [1.82, 2.24) is 5.32 Å². The second-order valence-corrected chi connectivity index (χ2v) is 11.2. The maximum absolute atomic E-state index is 14.0. The second-order valence-electron chi connectivity index (χ2n) is 8.37. The summed E-state index contributed by atoms with van der Waals surface area (Å²) in [5, 5.41) is 8.06. The summed E-state index contributed by atoms with van der Waals surface area (Å²) in [4.78, 5) is 39.0. The van der Waals surface area contributed by atoms with Gasteiger partial charge in [-0.05, 0) is 78.4 Å². The van der Waals surface area contributed by atoms with Gasteiger partial charge in [-0.15, -0.1) is 11.8 Å². The van der Waals surface area contributed by atoms with E-state index in [0.29, 0.717) is 15.7 Å². The Morgan fingerprint density at radius 2 is 1.48 bits per heavy atom. The molecule has 202 valence electrons. The van der Waals surface area contributed by atoms with Gasteiger partial charge in [-0.2, -0.15) is 0 Å². The van der Waals surface area contributed by atoms with Crippen molar-refractivity contribution in [3.05, 3.63) is 129 Å². The quantitative estimate of drug-likeness (QED) is 0.126. The van der Waals surface area contributed by atoms with Crippen molar-refractivity contribution in [3.63, 3.8) is 0 Å². The summed E-state index contributed by atoms with van der Waals surface area (Å²) in [6.07, 6.45) is 1.60. The fourth-order valence-electron chi connectivity index (χ4n) is 3.43. The predicted octanol–water partition coefficient (Wildman–Crippen LogP) is 7.49. The fraction of sp³-hybridized carbons (Fsp3) is 0.0333. The smallest absolute Gasteiger partial charge is 0.272 e. The summed E-state index contributed by atoms with van der Waals surface area (Å²) in [7, 11) is 0. The lowest BCUT2D eigenvalue weighted by atomic mass is 10.1. The number of amides is 3. The molecule has 0 fully saturated rings. The van der Waals surface area contributed by atoms with Crippen molar-refractivity contribution in [1.29, 1.82) is 0 Å². The molecular weight excluding hydrogens is 661 g/mol. The molecule has 3 amide bonds. The third kappa shape index (κ3) is 8.64. The maximum Gasteiger partial charge on any atom is 0.272 e. The zero-order valence-corrected chi connectivity index (χ0v) is 24.8. The number of nitrogens with one attached hydrogen (secondary N) is 3. The number of carbonyl (C=O) groups excluding carboxylic acids is 3. The monoisotopic (exact) mass is 681 g/mol. The zero-order valence-electron chi connectivity index (χ0n) is 20.8. The number of hydrogen-bond donors (Lipinski definition) is 3. The highest BCUT2D eigenvalue weighted by Crippen LogP contribution is 2.23. The molecule has 0 aliphatic rings. The standard InChI is InChI=1S/C30H22Br2FN3O3S/c31-21-8-6-19(7-9-21)16-27(36-29(38)20-4-2-1-3-5-20)30(39)34-23-11-13-24(14-12-23)40-18-28(37)35-26-15-10-22(32)17-25(26)33/h1-17H,18H2,(H,34,39)(H,35,37)(H,36,38)/b27-16-. The van der Waals surface area contributed by atoms with Crippen LogP contribution in [0.15, 0.2) is 117 Å². The summed E-state index contributed by atoms with van der Waals surface area (Å²) >= 11 is 7.84. The first kappa shape index (κ1) is 29.3. The highest BCUT2D eigenvalue weighted by molar-refractivity contribution is 9.10. The molecule has 0 atom stereocenters. The Labute approximate surface area is 251 Å². The van der Waals surface area contributed by atoms with Gasteiger partial charge in [0.05, 0.1) is 11.4 Å². The van der Waals surface area contributed by atoms with Crippen LogP contribution in [0, 0.1) is 5.82 Å². The summed E-state index contributed by atoms with van der Waals surface area (Å²) in [5.74, 6) is -1.70. The minimum absolute atomic E-state index is 0.0754. The SMILES string of the molecule is O=C(CSc1ccc(NC(=O)/C(=C/c2ccc(Br)cc2)NC(=O)c2ccccc2)cc1)Nc1ccc(Br)cc1F. The summed E-state index contributed by atoms with van der Waals surface area (Å²) in [6.45, 7) is 0. The van der Waals surface area contributed by atoms with Crippen LogP contribution in [-0.4, -0.2) is 23.5 Å². The van der Waals surface area contributed by atoms with Gasteiger partial charge in [0.15, 0.2) is 0 Å². The highest BCUT2D eigenvalue weighted by Gasteiger charge is 2.15. The van der Waals surface area contributed by atoms with E-state index >= 15 is 0 Å². The zero-order chi connectivity index (χ0) is 28.5. The van der Waals surface area contributed by atoms with E-state index < -0.39 is 17.6 Å². The maximum atomic E-state index is 14.0.